The van der Waals surface area contributed by atoms with E-state index in [1.165, 1.54) is 0 Å². The van der Waals surface area contributed by atoms with Gasteiger partial charge in [0.15, 0.2) is 5.78 Å². The Bertz CT molecular complexity index is 407. The average Bonchev–Trinajstić information content (AvgIpc) is 2.35. The molecular weight excluding hydrogens is 226 g/mol. The third-order valence-electron chi connectivity index (χ3n) is 3.10. The van der Waals surface area contributed by atoms with Crippen LogP contribution in [-0.2, 0) is 0 Å². The number of methoxy groups -OCH3 is 1. The molecule has 1 rings (SSSR count). The summed E-state index contributed by atoms with van der Waals surface area (Å²) in [5.41, 5.74) is 8.27. The number of rotatable bonds is 5. The summed E-state index contributed by atoms with van der Waals surface area (Å²) in [5, 5.41) is 0. The van der Waals surface area contributed by atoms with Gasteiger partial charge in [0.25, 0.3) is 0 Å². The minimum absolute atomic E-state index is 0.0264. The highest BCUT2D eigenvalue weighted by Gasteiger charge is 2.18. The van der Waals surface area contributed by atoms with Crippen LogP contribution in [0.4, 0.5) is 0 Å². The molecule has 0 heterocycles. The van der Waals surface area contributed by atoms with Crippen molar-refractivity contribution < 1.29 is 9.53 Å². The zero-order valence-electron chi connectivity index (χ0n) is 11.9. The van der Waals surface area contributed by atoms with Crippen molar-refractivity contribution in [3.8, 4) is 5.75 Å². The van der Waals surface area contributed by atoms with Crippen molar-refractivity contribution in [2.45, 2.75) is 39.5 Å². The van der Waals surface area contributed by atoms with Crippen molar-refractivity contribution in [1.82, 2.24) is 0 Å². The van der Waals surface area contributed by atoms with Crippen LogP contribution in [0, 0.1) is 0 Å². The summed E-state index contributed by atoms with van der Waals surface area (Å²) in [6, 6.07) is 3.81. The molecule has 0 aliphatic heterocycles. The lowest BCUT2D eigenvalue weighted by Crippen LogP contribution is -2.15. The van der Waals surface area contributed by atoms with Crippen molar-refractivity contribution in [3.05, 3.63) is 28.8 Å². The minimum Gasteiger partial charge on any atom is -0.496 e. The number of carbonyl (C=O) groups excluding carboxylic acids is 1. The van der Waals surface area contributed by atoms with E-state index in [9.17, 15) is 4.79 Å². The molecule has 0 atom stereocenters. The Kier molecular flexibility index (Phi) is 4.91. The number of Topliss-reactive ketones (excluding diaryl/α,β-unsaturated/α-hetero) is 1. The van der Waals surface area contributed by atoms with E-state index in [1.54, 1.807) is 7.11 Å². The smallest absolute Gasteiger partial charge is 0.176 e. The first kappa shape index (κ1) is 14.7. The van der Waals surface area contributed by atoms with Crippen LogP contribution in [-0.4, -0.2) is 19.4 Å². The highest BCUT2D eigenvalue weighted by atomic mass is 16.5. The fraction of sp³-hybridized carbons (Fsp3) is 0.533. The van der Waals surface area contributed by atoms with Crippen LogP contribution in [0.15, 0.2) is 12.1 Å². The van der Waals surface area contributed by atoms with Gasteiger partial charge in [-0.1, -0.05) is 27.7 Å². The highest BCUT2D eigenvalue weighted by Crippen LogP contribution is 2.35. The van der Waals surface area contributed by atoms with E-state index in [2.05, 4.69) is 27.7 Å². The summed E-state index contributed by atoms with van der Waals surface area (Å²) < 4.78 is 5.52. The minimum atomic E-state index is -0.0264. The van der Waals surface area contributed by atoms with E-state index in [0.717, 1.165) is 16.9 Å². The van der Waals surface area contributed by atoms with E-state index >= 15 is 0 Å². The van der Waals surface area contributed by atoms with Crippen molar-refractivity contribution in [1.29, 1.82) is 0 Å². The van der Waals surface area contributed by atoms with Crippen molar-refractivity contribution in [3.63, 3.8) is 0 Å². The molecule has 3 heteroatoms. The number of ether oxygens (including phenoxy) is 1. The second-order valence-corrected chi connectivity index (χ2v) is 5.12. The van der Waals surface area contributed by atoms with E-state index in [1.807, 2.05) is 12.1 Å². The first-order chi connectivity index (χ1) is 8.42. The maximum absolute atomic E-state index is 11.8. The first-order valence-corrected chi connectivity index (χ1v) is 6.37. The van der Waals surface area contributed by atoms with Gasteiger partial charge in [0.2, 0.25) is 0 Å². The van der Waals surface area contributed by atoms with Crippen LogP contribution < -0.4 is 10.5 Å². The second kappa shape index (κ2) is 6.01. The van der Waals surface area contributed by atoms with Crippen LogP contribution in [0.3, 0.4) is 0 Å². The lowest BCUT2D eigenvalue weighted by molar-refractivity contribution is 0.100. The van der Waals surface area contributed by atoms with Crippen LogP contribution in [0.2, 0.25) is 0 Å². The first-order valence-electron chi connectivity index (χ1n) is 6.37. The molecule has 0 bridgehead atoms. The zero-order chi connectivity index (χ0) is 13.9. The standard InChI is InChI=1S/C15H23NO2/c1-9(2)12-6-11(14(17)8-16)7-13(10(3)4)15(12)18-5/h6-7,9-10H,8,16H2,1-5H3. The molecule has 0 fully saturated rings. The number of ketones is 1. The zero-order valence-corrected chi connectivity index (χ0v) is 11.9. The van der Waals surface area contributed by atoms with Gasteiger partial charge in [-0.2, -0.15) is 0 Å². The van der Waals surface area contributed by atoms with Crippen molar-refractivity contribution in [2.24, 2.45) is 5.73 Å². The Balaban J connectivity index is 3.48. The summed E-state index contributed by atoms with van der Waals surface area (Å²) in [7, 11) is 1.68. The monoisotopic (exact) mass is 249 g/mol. The maximum atomic E-state index is 11.8. The van der Waals surface area contributed by atoms with E-state index < -0.39 is 0 Å². The molecule has 2 N–H and O–H groups in total. The van der Waals surface area contributed by atoms with E-state index in [-0.39, 0.29) is 12.3 Å². The molecule has 1 aromatic rings. The van der Waals surface area contributed by atoms with Gasteiger partial charge in [0.1, 0.15) is 5.75 Å². The Morgan fingerprint density at radius 1 is 1.17 bits per heavy atom. The third kappa shape index (κ3) is 2.91. The lowest BCUT2D eigenvalue weighted by atomic mass is 9.90. The number of benzene rings is 1. The van der Waals surface area contributed by atoms with Gasteiger partial charge in [-0.25, -0.2) is 0 Å². The third-order valence-corrected chi connectivity index (χ3v) is 3.10. The van der Waals surface area contributed by atoms with Gasteiger partial charge in [0, 0.05) is 5.56 Å². The van der Waals surface area contributed by atoms with Crippen LogP contribution in [0.5, 0.6) is 5.75 Å². The predicted octanol–water partition coefficient (Wildman–Crippen LogP) is 3.08. The number of nitrogens with two attached hydrogens (primary N) is 1. The van der Waals surface area contributed by atoms with Crippen LogP contribution in [0.25, 0.3) is 0 Å². The quantitative estimate of drug-likeness (QED) is 0.816. The number of carbonyl (C=O) groups is 1. The molecule has 0 saturated carbocycles. The molecule has 0 radical (unpaired) electrons. The molecule has 0 aliphatic rings. The molecule has 1 aromatic carbocycles. The van der Waals surface area contributed by atoms with Crippen molar-refractivity contribution in [2.75, 3.05) is 13.7 Å². The van der Waals surface area contributed by atoms with Crippen LogP contribution in [0.1, 0.15) is 61.0 Å². The molecular formula is C15H23NO2. The number of hydrogen-bond donors (Lipinski definition) is 1. The Morgan fingerprint density at radius 2 is 1.61 bits per heavy atom. The molecule has 0 saturated heterocycles. The topological polar surface area (TPSA) is 52.3 Å². The summed E-state index contributed by atoms with van der Waals surface area (Å²) >= 11 is 0. The average molecular weight is 249 g/mol. The van der Waals surface area contributed by atoms with E-state index in [4.69, 9.17) is 10.5 Å². The molecule has 0 aliphatic carbocycles. The SMILES string of the molecule is COc1c(C(C)C)cc(C(=O)CN)cc1C(C)C. The van der Waals surface area contributed by atoms with Gasteiger partial charge in [-0.3, -0.25) is 4.79 Å². The largest absolute Gasteiger partial charge is 0.496 e. The Labute approximate surface area is 109 Å². The molecule has 0 aromatic heterocycles. The molecule has 18 heavy (non-hydrogen) atoms. The van der Waals surface area contributed by atoms with Gasteiger partial charge in [-0.15, -0.1) is 0 Å². The van der Waals surface area contributed by atoms with E-state index in [0.29, 0.717) is 17.4 Å². The van der Waals surface area contributed by atoms with Gasteiger partial charge < -0.3 is 10.5 Å². The molecule has 100 valence electrons. The fourth-order valence-corrected chi connectivity index (χ4v) is 2.05. The van der Waals surface area contributed by atoms with Crippen molar-refractivity contribution >= 4 is 5.78 Å². The predicted molar refractivity (Wildman–Crippen MR) is 74.6 cm³/mol. The normalized spacial score (nSPS) is 11.1. The summed E-state index contributed by atoms with van der Waals surface area (Å²) in [5.74, 6) is 1.49. The number of hydrogen-bond acceptors (Lipinski definition) is 3. The molecule has 0 spiro atoms. The fourth-order valence-electron chi connectivity index (χ4n) is 2.05. The second-order valence-electron chi connectivity index (χ2n) is 5.12. The summed E-state index contributed by atoms with van der Waals surface area (Å²) in [6.45, 7) is 8.43. The van der Waals surface area contributed by atoms with Gasteiger partial charge in [0.05, 0.1) is 13.7 Å². The highest BCUT2D eigenvalue weighted by molar-refractivity contribution is 5.98. The van der Waals surface area contributed by atoms with Gasteiger partial charge >= 0.3 is 0 Å². The summed E-state index contributed by atoms with van der Waals surface area (Å²) in [6.07, 6.45) is 0. The lowest BCUT2D eigenvalue weighted by Gasteiger charge is -2.19. The molecule has 0 amide bonds. The van der Waals surface area contributed by atoms with Gasteiger partial charge in [-0.05, 0) is 35.1 Å². The maximum Gasteiger partial charge on any atom is 0.176 e. The summed E-state index contributed by atoms with van der Waals surface area (Å²) in [4.78, 5) is 11.8. The molecule has 3 nitrogen and oxygen atoms in total. The van der Waals surface area contributed by atoms with Crippen LogP contribution >= 0.6 is 0 Å². The molecule has 0 unspecified atom stereocenters. The Hall–Kier alpha value is -1.35. The Morgan fingerprint density at radius 3 is 1.89 bits per heavy atom.